The van der Waals surface area contributed by atoms with Crippen molar-refractivity contribution in [2.75, 3.05) is 0 Å². The van der Waals surface area contributed by atoms with Gasteiger partial charge in [0.1, 0.15) is 12.4 Å². The number of hydrogen-bond donors (Lipinski definition) is 0. The maximum atomic E-state index is 2.52. The van der Waals surface area contributed by atoms with Crippen LogP contribution in [0.25, 0.3) is 0 Å². The molecule has 0 saturated carbocycles. The molecule has 2 aromatic rings. The van der Waals surface area contributed by atoms with Crippen LogP contribution in [0.5, 0.6) is 0 Å². The van der Waals surface area contributed by atoms with Crippen LogP contribution in [-0.4, -0.2) is 4.57 Å². The molecule has 0 bridgehead atoms. The summed E-state index contributed by atoms with van der Waals surface area (Å²) in [7, 11) is 0. The Balaban J connectivity index is 1.54. The third-order valence-corrected chi connectivity index (χ3v) is 6.99. The quantitative estimate of drug-likeness (QED) is 0.140. The molecule has 0 aliphatic heterocycles. The van der Waals surface area contributed by atoms with Crippen LogP contribution in [-0.2, 0) is 19.5 Å². The van der Waals surface area contributed by atoms with E-state index in [1.54, 1.807) is 0 Å². The number of rotatable bonds is 20. The predicted octanol–water partition coefficient (Wildman–Crippen LogP) is 9.01. The van der Waals surface area contributed by atoms with Crippen molar-refractivity contribution < 1.29 is 4.57 Å². The maximum Gasteiger partial charge on any atom is 0.258 e. The Morgan fingerprint density at radius 3 is 1.79 bits per heavy atom. The minimum atomic E-state index is 0.573. The molecule has 1 aromatic heterocycles. The number of unbranched alkanes of at least 4 members (excludes halogenated alkanes) is 13. The van der Waals surface area contributed by atoms with E-state index in [0.717, 1.165) is 13.0 Å². The molecule has 0 N–H and O–H groups in total. The second-order valence-electron chi connectivity index (χ2n) is 10.4. The van der Waals surface area contributed by atoms with Crippen molar-refractivity contribution in [2.24, 2.45) is 0 Å². The van der Waals surface area contributed by atoms with Crippen LogP contribution in [0.3, 0.4) is 0 Å². The first kappa shape index (κ1) is 27.7. The first-order valence-electron chi connectivity index (χ1n) is 14.3. The van der Waals surface area contributed by atoms with E-state index in [1.807, 2.05) is 0 Å². The molecule has 0 aliphatic rings. The zero-order valence-electron chi connectivity index (χ0n) is 22.2. The van der Waals surface area contributed by atoms with E-state index >= 15 is 0 Å². The number of nitrogens with zero attached hydrogens (tertiary/aromatic N) is 2. The summed E-state index contributed by atoms with van der Waals surface area (Å²) < 4.78 is 5.02. The Bertz CT molecular complexity index is 701. The standard InChI is InChI=1S/C31H53N2/c1-4-5-6-7-8-9-10-11-12-13-14-15-16-20-25-32-27-28-33(31(32)29(2)3)26-21-24-30-22-18-17-19-23-30/h17-19,22-23,27-29H,4-16,20-21,24-26H2,1-3H3/q+1. The zero-order valence-corrected chi connectivity index (χ0v) is 22.2. The minimum Gasteiger partial charge on any atom is -0.234 e. The normalized spacial score (nSPS) is 11.5. The molecule has 0 amide bonds. The van der Waals surface area contributed by atoms with Gasteiger partial charge < -0.3 is 0 Å². The van der Waals surface area contributed by atoms with Crippen LogP contribution < -0.4 is 4.57 Å². The van der Waals surface area contributed by atoms with Crippen LogP contribution in [0, 0.1) is 0 Å². The van der Waals surface area contributed by atoms with Crippen molar-refractivity contribution in [3.8, 4) is 0 Å². The molecule has 0 aliphatic carbocycles. The van der Waals surface area contributed by atoms with Gasteiger partial charge in [0, 0.05) is 0 Å². The lowest BCUT2D eigenvalue weighted by Crippen LogP contribution is -2.38. The van der Waals surface area contributed by atoms with Gasteiger partial charge in [-0.25, -0.2) is 9.13 Å². The molecule has 0 spiro atoms. The van der Waals surface area contributed by atoms with Crippen LogP contribution in [0.15, 0.2) is 42.7 Å². The van der Waals surface area contributed by atoms with E-state index < -0.39 is 0 Å². The lowest BCUT2D eigenvalue weighted by Gasteiger charge is -2.08. The Morgan fingerprint density at radius 1 is 0.697 bits per heavy atom. The highest BCUT2D eigenvalue weighted by Crippen LogP contribution is 2.15. The molecule has 1 aromatic carbocycles. The van der Waals surface area contributed by atoms with Gasteiger partial charge >= 0.3 is 0 Å². The fourth-order valence-electron chi connectivity index (χ4n) is 5.10. The fourth-order valence-corrected chi connectivity index (χ4v) is 5.10. The first-order valence-corrected chi connectivity index (χ1v) is 14.3. The van der Waals surface area contributed by atoms with Crippen molar-refractivity contribution in [3.63, 3.8) is 0 Å². The van der Waals surface area contributed by atoms with Crippen molar-refractivity contribution in [2.45, 2.75) is 143 Å². The third-order valence-electron chi connectivity index (χ3n) is 6.99. The summed E-state index contributed by atoms with van der Waals surface area (Å²) in [5.74, 6) is 2.07. The van der Waals surface area contributed by atoms with Gasteiger partial charge in [-0.2, -0.15) is 0 Å². The molecule has 0 saturated heterocycles. The minimum absolute atomic E-state index is 0.573. The van der Waals surface area contributed by atoms with Gasteiger partial charge in [-0.1, -0.05) is 128 Å². The molecule has 0 atom stereocenters. The predicted molar refractivity (Wildman–Crippen MR) is 144 cm³/mol. The maximum absolute atomic E-state index is 2.52. The topological polar surface area (TPSA) is 8.81 Å². The highest BCUT2D eigenvalue weighted by atomic mass is 15.1. The second-order valence-corrected chi connectivity index (χ2v) is 10.4. The van der Waals surface area contributed by atoms with Crippen molar-refractivity contribution >= 4 is 0 Å². The van der Waals surface area contributed by atoms with Crippen LogP contribution >= 0.6 is 0 Å². The Morgan fingerprint density at radius 2 is 1.24 bits per heavy atom. The van der Waals surface area contributed by atoms with Crippen LogP contribution in [0.4, 0.5) is 0 Å². The van der Waals surface area contributed by atoms with Crippen molar-refractivity contribution in [1.82, 2.24) is 4.57 Å². The Hall–Kier alpha value is -1.57. The van der Waals surface area contributed by atoms with Crippen LogP contribution in [0.2, 0.25) is 0 Å². The summed E-state index contributed by atoms with van der Waals surface area (Å²) in [4.78, 5) is 0. The Kier molecular flexibility index (Phi) is 15.0. The molecule has 0 radical (unpaired) electrons. The molecular weight excluding hydrogens is 400 g/mol. The molecule has 0 fully saturated rings. The van der Waals surface area contributed by atoms with Crippen molar-refractivity contribution in [1.29, 1.82) is 0 Å². The molecule has 2 heteroatoms. The van der Waals surface area contributed by atoms with E-state index in [9.17, 15) is 0 Å². The van der Waals surface area contributed by atoms with E-state index in [2.05, 4.69) is 72.6 Å². The van der Waals surface area contributed by atoms with Gasteiger partial charge in [-0.15, -0.1) is 0 Å². The summed E-state index contributed by atoms with van der Waals surface area (Å²) in [6, 6.07) is 10.9. The molecular formula is C31H53N2+. The van der Waals surface area contributed by atoms with Gasteiger partial charge in [0.05, 0.1) is 19.0 Å². The number of aromatic nitrogens is 2. The van der Waals surface area contributed by atoms with Gasteiger partial charge in [-0.05, 0) is 31.2 Å². The van der Waals surface area contributed by atoms with Crippen LogP contribution in [0.1, 0.15) is 134 Å². The number of hydrogen-bond acceptors (Lipinski definition) is 0. The summed E-state index contributed by atoms with van der Waals surface area (Å²) in [6.45, 7) is 9.27. The Labute approximate surface area is 205 Å². The summed E-state index contributed by atoms with van der Waals surface area (Å²) in [5, 5.41) is 0. The largest absolute Gasteiger partial charge is 0.258 e. The average Bonchev–Trinajstić information content (AvgIpc) is 3.23. The summed E-state index contributed by atoms with van der Waals surface area (Å²) >= 11 is 0. The van der Waals surface area contributed by atoms with Gasteiger partial charge in [0.15, 0.2) is 0 Å². The number of aryl methyl sites for hydroxylation is 3. The highest BCUT2D eigenvalue weighted by molar-refractivity contribution is 5.14. The summed E-state index contributed by atoms with van der Waals surface area (Å²) in [6.07, 6.45) is 27.0. The molecule has 1 heterocycles. The third kappa shape index (κ3) is 11.9. The first-order chi connectivity index (χ1) is 16.2. The van der Waals surface area contributed by atoms with E-state index in [4.69, 9.17) is 0 Å². The zero-order chi connectivity index (χ0) is 23.6. The molecule has 2 nitrogen and oxygen atoms in total. The van der Waals surface area contributed by atoms with Crippen molar-refractivity contribution in [3.05, 3.63) is 54.1 Å². The van der Waals surface area contributed by atoms with Gasteiger partial charge in [0.2, 0.25) is 0 Å². The lowest BCUT2D eigenvalue weighted by atomic mass is 10.0. The van der Waals surface area contributed by atoms with Gasteiger partial charge in [-0.3, -0.25) is 0 Å². The molecule has 2 rings (SSSR count). The molecule has 0 unspecified atom stereocenters. The lowest BCUT2D eigenvalue weighted by molar-refractivity contribution is -0.705. The second kappa shape index (κ2) is 17.8. The monoisotopic (exact) mass is 453 g/mol. The number of benzene rings is 1. The van der Waals surface area contributed by atoms with Gasteiger partial charge in [0.25, 0.3) is 5.82 Å². The SMILES string of the molecule is CCCCCCCCCCCCCCCCn1cc[n+](CCCc2ccccc2)c1C(C)C. The molecule has 33 heavy (non-hydrogen) atoms. The highest BCUT2D eigenvalue weighted by Gasteiger charge is 2.20. The molecule has 186 valence electrons. The smallest absolute Gasteiger partial charge is 0.234 e. The summed E-state index contributed by atoms with van der Waals surface area (Å²) in [5.41, 5.74) is 1.45. The van der Waals surface area contributed by atoms with E-state index in [-0.39, 0.29) is 0 Å². The fraction of sp³-hybridized carbons (Fsp3) is 0.710. The average molecular weight is 454 g/mol. The number of imidazole rings is 1. The van der Waals surface area contributed by atoms with E-state index in [1.165, 1.54) is 114 Å². The van der Waals surface area contributed by atoms with E-state index in [0.29, 0.717) is 5.92 Å².